The third kappa shape index (κ3) is 3.19. The van der Waals surface area contributed by atoms with Gasteiger partial charge in [0.15, 0.2) is 5.56 Å². The van der Waals surface area contributed by atoms with Crippen LogP contribution in [0.15, 0.2) is 51.7 Å². The highest BCUT2D eigenvalue weighted by molar-refractivity contribution is 6.31. The van der Waals surface area contributed by atoms with E-state index in [2.05, 4.69) is 0 Å². The second-order valence-electron chi connectivity index (χ2n) is 5.62. The van der Waals surface area contributed by atoms with Crippen LogP contribution in [0.3, 0.4) is 0 Å². The summed E-state index contributed by atoms with van der Waals surface area (Å²) in [5, 5.41) is 11.0. The number of halogens is 1. The summed E-state index contributed by atoms with van der Waals surface area (Å²) in [6.45, 7) is 1.39. The first kappa shape index (κ1) is 16.9. The predicted octanol–water partition coefficient (Wildman–Crippen LogP) is 3.51. The monoisotopic (exact) mass is 356 g/mol. The molecule has 126 valence electrons. The van der Waals surface area contributed by atoms with Gasteiger partial charge in [-0.25, -0.2) is 4.79 Å². The van der Waals surface area contributed by atoms with E-state index >= 15 is 0 Å². The van der Waals surface area contributed by atoms with Crippen molar-refractivity contribution in [3.63, 3.8) is 0 Å². The number of fused-ring (bicyclic) bond motifs is 1. The van der Waals surface area contributed by atoms with Crippen molar-refractivity contribution < 1.29 is 19.1 Å². The molecule has 0 bridgehead atoms. The highest BCUT2D eigenvalue weighted by atomic mass is 35.5. The van der Waals surface area contributed by atoms with Gasteiger partial charge >= 0.3 is 5.63 Å². The van der Waals surface area contributed by atoms with Crippen LogP contribution >= 0.6 is 11.6 Å². The minimum atomic E-state index is -0.940. The van der Waals surface area contributed by atoms with Crippen molar-refractivity contribution >= 4 is 34.1 Å². The van der Waals surface area contributed by atoms with Crippen LogP contribution < -0.4 is 5.63 Å². The maximum Gasteiger partial charge on any atom is 0.351 e. The Hall–Kier alpha value is -2.92. The molecule has 3 aromatic rings. The van der Waals surface area contributed by atoms with Crippen molar-refractivity contribution in [2.75, 3.05) is 0 Å². The van der Waals surface area contributed by atoms with Crippen LogP contribution in [0.4, 0.5) is 0 Å². The van der Waals surface area contributed by atoms with E-state index in [-0.39, 0.29) is 28.7 Å². The number of Topliss-reactive ketones (excluding diaryl/α,β-unsaturated/α-hetero) is 1. The third-order valence-corrected chi connectivity index (χ3v) is 4.00. The van der Waals surface area contributed by atoms with Gasteiger partial charge in [-0.15, -0.1) is 0 Å². The average molecular weight is 357 g/mol. The molecule has 0 atom stereocenters. The molecule has 1 aromatic heterocycles. The topological polar surface area (TPSA) is 84.6 Å². The number of para-hydroxylation sites is 1. The molecule has 25 heavy (non-hydrogen) atoms. The maximum absolute atomic E-state index is 12.9. The van der Waals surface area contributed by atoms with Crippen LogP contribution in [0.1, 0.15) is 28.4 Å². The minimum Gasteiger partial charge on any atom is -0.506 e. The number of ketones is 2. The Kier molecular flexibility index (Phi) is 4.42. The van der Waals surface area contributed by atoms with Gasteiger partial charge in [-0.1, -0.05) is 23.7 Å². The molecule has 6 heteroatoms. The van der Waals surface area contributed by atoms with Crippen LogP contribution in [0.5, 0.6) is 5.75 Å². The van der Waals surface area contributed by atoms with Crippen molar-refractivity contribution in [1.82, 2.24) is 0 Å². The summed E-state index contributed by atoms with van der Waals surface area (Å²) in [6.07, 6.45) is -0.0126. The van der Waals surface area contributed by atoms with Gasteiger partial charge in [0.25, 0.3) is 0 Å². The molecule has 0 aliphatic heterocycles. The first-order valence-electron chi connectivity index (χ1n) is 7.46. The van der Waals surface area contributed by atoms with Gasteiger partial charge in [0.1, 0.15) is 17.1 Å². The van der Waals surface area contributed by atoms with E-state index in [0.717, 1.165) is 0 Å². The molecule has 0 fully saturated rings. The lowest BCUT2D eigenvalue weighted by molar-refractivity contribution is -0.116. The van der Waals surface area contributed by atoms with Gasteiger partial charge in [-0.2, -0.15) is 0 Å². The molecule has 0 radical (unpaired) electrons. The fraction of sp³-hybridized carbons (Fsp3) is 0.105. The van der Waals surface area contributed by atoms with Crippen LogP contribution in [0, 0.1) is 0 Å². The van der Waals surface area contributed by atoms with Gasteiger partial charge in [0.2, 0.25) is 5.78 Å². The summed E-state index contributed by atoms with van der Waals surface area (Å²) >= 11 is 5.94. The highest BCUT2D eigenvalue weighted by Gasteiger charge is 2.24. The van der Waals surface area contributed by atoms with Gasteiger partial charge in [0.05, 0.1) is 5.39 Å². The number of aromatic hydroxyl groups is 1. The molecule has 0 unspecified atom stereocenters. The maximum atomic E-state index is 12.9. The quantitative estimate of drug-likeness (QED) is 0.571. The Labute approximate surface area is 147 Å². The van der Waals surface area contributed by atoms with Gasteiger partial charge in [0, 0.05) is 17.0 Å². The van der Waals surface area contributed by atoms with Gasteiger partial charge < -0.3 is 9.52 Å². The molecule has 1 heterocycles. The molecule has 0 aliphatic carbocycles. The van der Waals surface area contributed by atoms with E-state index in [1.807, 2.05) is 0 Å². The van der Waals surface area contributed by atoms with E-state index in [1.54, 1.807) is 18.2 Å². The van der Waals surface area contributed by atoms with Crippen LogP contribution in [-0.4, -0.2) is 16.7 Å². The van der Waals surface area contributed by atoms with Crippen molar-refractivity contribution in [3.8, 4) is 5.75 Å². The first-order chi connectivity index (χ1) is 11.9. The number of benzene rings is 2. The van der Waals surface area contributed by atoms with Crippen molar-refractivity contribution in [2.45, 2.75) is 13.3 Å². The molecule has 5 nitrogen and oxygen atoms in total. The fourth-order valence-electron chi connectivity index (χ4n) is 2.67. The number of hydrogen-bond donors (Lipinski definition) is 1. The second-order valence-corrected chi connectivity index (χ2v) is 6.06. The van der Waals surface area contributed by atoms with E-state index in [9.17, 15) is 19.5 Å². The van der Waals surface area contributed by atoms with E-state index in [4.69, 9.17) is 16.0 Å². The second kappa shape index (κ2) is 6.53. The zero-order valence-corrected chi connectivity index (χ0v) is 14.0. The van der Waals surface area contributed by atoms with Gasteiger partial charge in [-0.05, 0) is 42.8 Å². The lowest BCUT2D eigenvalue weighted by atomic mass is 9.95. The summed E-state index contributed by atoms with van der Waals surface area (Å²) in [4.78, 5) is 36.6. The first-order valence-corrected chi connectivity index (χ1v) is 7.83. The number of hydrogen-bond acceptors (Lipinski definition) is 5. The normalized spacial score (nSPS) is 10.8. The summed E-state index contributed by atoms with van der Waals surface area (Å²) in [7, 11) is 0. The molecular formula is C19H13ClO5. The molecule has 0 amide bonds. The molecule has 0 saturated carbocycles. The number of carbonyl (C=O) groups is 2. The smallest absolute Gasteiger partial charge is 0.351 e. The van der Waals surface area contributed by atoms with Crippen molar-refractivity contribution in [3.05, 3.63) is 74.6 Å². The Morgan fingerprint density at radius 2 is 1.88 bits per heavy atom. The molecular weight excluding hydrogens is 344 g/mol. The molecule has 0 saturated heterocycles. The standard InChI is InChI=1S/C19H13ClO5/c1-10(21)8-11-9-12(20)6-7-13(11)17(22)16-18(23)14-4-2-3-5-15(14)25-19(16)24/h2-7,9,23H,8H2,1H3. The van der Waals surface area contributed by atoms with E-state index in [1.165, 1.54) is 31.2 Å². The molecule has 3 rings (SSSR count). The summed E-state index contributed by atoms with van der Waals surface area (Å²) in [6, 6.07) is 10.8. The van der Waals surface area contributed by atoms with Crippen LogP contribution in [-0.2, 0) is 11.2 Å². The lowest BCUT2D eigenvalue weighted by Crippen LogP contribution is -2.17. The number of carbonyl (C=O) groups excluding carboxylic acids is 2. The van der Waals surface area contributed by atoms with E-state index < -0.39 is 22.7 Å². The summed E-state index contributed by atoms with van der Waals surface area (Å²) in [5.41, 5.74) is -0.716. The third-order valence-electron chi connectivity index (χ3n) is 3.76. The average Bonchev–Trinajstić information content (AvgIpc) is 2.54. The Morgan fingerprint density at radius 1 is 1.16 bits per heavy atom. The Morgan fingerprint density at radius 3 is 2.60 bits per heavy atom. The van der Waals surface area contributed by atoms with E-state index in [0.29, 0.717) is 10.6 Å². The minimum absolute atomic E-state index is 0.0126. The Bertz CT molecular complexity index is 1070. The zero-order chi connectivity index (χ0) is 18.1. The highest BCUT2D eigenvalue weighted by Crippen LogP contribution is 2.29. The molecule has 1 N–H and O–H groups in total. The SMILES string of the molecule is CC(=O)Cc1cc(Cl)ccc1C(=O)c1c(O)c2ccccc2oc1=O. The predicted molar refractivity (Wildman–Crippen MR) is 93.4 cm³/mol. The van der Waals surface area contributed by atoms with Crippen molar-refractivity contribution in [2.24, 2.45) is 0 Å². The fourth-order valence-corrected chi connectivity index (χ4v) is 2.86. The summed E-state index contributed by atoms with van der Waals surface area (Å²) in [5.74, 6) is -1.32. The summed E-state index contributed by atoms with van der Waals surface area (Å²) < 4.78 is 5.13. The van der Waals surface area contributed by atoms with Crippen LogP contribution in [0.2, 0.25) is 5.02 Å². The van der Waals surface area contributed by atoms with Gasteiger partial charge in [-0.3, -0.25) is 9.59 Å². The van der Waals surface area contributed by atoms with Crippen LogP contribution in [0.25, 0.3) is 11.0 Å². The Balaban J connectivity index is 2.22. The molecule has 0 spiro atoms. The van der Waals surface area contributed by atoms with Crippen molar-refractivity contribution in [1.29, 1.82) is 0 Å². The molecule has 0 aliphatic rings. The lowest BCUT2D eigenvalue weighted by Gasteiger charge is -2.10. The largest absolute Gasteiger partial charge is 0.506 e. The zero-order valence-electron chi connectivity index (χ0n) is 13.2. The molecule has 2 aromatic carbocycles. The number of rotatable bonds is 4.